The van der Waals surface area contributed by atoms with Gasteiger partial charge in [0, 0.05) is 35.7 Å². The van der Waals surface area contributed by atoms with Gasteiger partial charge in [-0.3, -0.25) is 19.6 Å². The van der Waals surface area contributed by atoms with Gasteiger partial charge in [0.25, 0.3) is 10.9 Å². The van der Waals surface area contributed by atoms with Gasteiger partial charge in [-0.1, -0.05) is 0 Å². The summed E-state index contributed by atoms with van der Waals surface area (Å²) in [6, 6.07) is 9.03. The maximum absolute atomic E-state index is 12.2. The third-order valence-corrected chi connectivity index (χ3v) is 5.15. The molecule has 0 fully saturated rings. The maximum Gasteiger partial charge on any atom is 0.253 e. The first kappa shape index (κ1) is 19.3. The lowest BCUT2D eigenvalue weighted by molar-refractivity contribution is 1.25. The molecular weight excluding hydrogens is 406 g/mol. The van der Waals surface area contributed by atoms with Crippen molar-refractivity contribution in [2.75, 3.05) is 16.4 Å². The number of hydrogen-bond donors (Lipinski definition) is 3. The zero-order chi connectivity index (χ0) is 22.2. The Morgan fingerprint density at radius 3 is 2.44 bits per heavy atom. The molecule has 156 valence electrons. The Morgan fingerprint density at radius 1 is 0.906 bits per heavy atom. The molecule has 0 amide bonds. The van der Waals surface area contributed by atoms with E-state index in [1.807, 2.05) is 19.1 Å². The van der Waals surface area contributed by atoms with E-state index in [-0.39, 0.29) is 11.4 Å². The van der Waals surface area contributed by atoms with E-state index in [1.54, 1.807) is 49.2 Å². The van der Waals surface area contributed by atoms with Crippen molar-refractivity contribution >= 4 is 39.5 Å². The van der Waals surface area contributed by atoms with Crippen LogP contribution in [0.2, 0.25) is 0 Å². The number of nitrogens with zero attached hydrogens (tertiary/aromatic N) is 4. The zero-order valence-electron chi connectivity index (χ0n) is 17.0. The third-order valence-electron chi connectivity index (χ3n) is 5.15. The van der Waals surface area contributed by atoms with Gasteiger partial charge < -0.3 is 16.4 Å². The Bertz CT molecular complexity index is 1540. The van der Waals surface area contributed by atoms with Crippen molar-refractivity contribution in [2.24, 2.45) is 0 Å². The van der Waals surface area contributed by atoms with Crippen LogP contribution in [0.3, 0.4) is 0 Å². The molecule has 0 bridgehead atoms. The molecule has 0 spiro atoms. The topological polar surface area (TPSA) is 136 Å². The lowest BCUT2D eigenvalue weighted by atomic mass is 10.1. The molecule has 4 N–H and O–H groups in total. The monoisotopic (exact) mass is 423 g/mol. The van der Waals surface area contributed by atoms with Crippen LogP contribution in [-0.4, -0.2) is 19.9 Å². The molecule has 0 unspecified atom stereocenters. The molecule has 5 rings (SSSR count). The van der Waals surface area contributed by atoms with Crippen molar-refractivity contribution in [2.45, 2.75) is 6.92 Å². The molecule has 0 aliphatic carbocycles. The van der Waals surface area contributed by atoms with Gasteiger partial charge in [0.1, 0.15) is 23.0 Å². The number of hydrogen-bond acceptors (Lipinski definition) is 9. The molecule has 9 nitrogen and oxygen atoms in total. The number of nitrogens with two attached hydrogens (primary N) is 1. The molecular formula is C23H17N7O2. The van der Waals surface area contributed by atoms with Gasteiger partial charge >= 0.3 is 0 Å². The molecule has 0 aliphatic rings. The molecule has 0 aliphatic heterocycles. The highest BCUT2D eigenvalue weighted by Gasteiger charge is 2.22. The Morgan fingerprint density at radius 2 is 1.69 bits per heavy atom. The van der Waals surface area contributed by atoms with Gasteiger partial charge in [-0.15, -0.1) is 0 Å². The lowest BCUT2D eigenvalue weighted by Crippen LogP contribution is -2.35. The molecule has 0 radical (unpaired) electrons. The fourth-order valence-electron chi connectivity index (χ4n) is 3.45. The van der Waals surface area contributed by atoms with E-state index in [2.05, 4.69) is 30.6 Å². The van der Waals surface area contributed by atoms with E-state index >= 15 is 0 Å². The summed E-state index contributed by atoms with van der Waals surface area (Å²) in [7, 11) is 0. The number of nitrogen functional groups attached to an aromatic ring is 1. The molecule has 32 heavy (non-hydrogen) atoms. The van der Waals surface area contributed by atoms with Crippen LogP contribution in [-0.2, 0) is 0 Å². The summed E-state index contributed by atoms with van der Waals surface area (Å²) in [5.74, 6) is 0.742. The first-order valence-electron chi connectivity index (χ1n) is 9.76. The van der Waals surface area contributed by atoms with Crippen LogP contribution in [0.5, 0.6) is 0 Å². The molecule has 0 atom stereocenters. The van der Waals surface area contributed by atoms with Gasteiger partial charge in [0.05, 0.1) is 17.6 Å². The minimum Gasteiger partial charge on any atom is -0.383 e. The number of aryl methyl sites for hydroxylation is 1. The Balaban J connectivity index is 1.51. The third kappa shape index (κ3) is 3.31. The number of pyridine rings is 4. The summed E-state index contributed by atoms with van der Waals surface area (Å²) in [6.45, 7) is 1.97. The van der Waals surface area contributed by atoms with Gasteiger partial charge in [-0.05, 0) is 48.2 Å². The summed E-state index contributed by atoms with van der Waals surface area (Å²) < 4.78 is 0. The van der Waals surface area contributed by atoms with Crippen LogP contribution in [0, 0.1) is 6.92 Å². The van der Waals surface area contributed by atoms with E-state index in [0.717, 1.165) is 16.5 Å². The Hall–Kier alpha value is -4.66. The second kappa shape index (κ2) is 7.55. The van der Waals surface area contributed by atoms with E-state index in [9.17, 15) is 9.59 Å². The maximum atomic E-state index is 12.2. The molecule has 0 saturated heterocycles. The van der Waals surface area contributed by atoms with Gasteiger partial charge in [0.15, 0.2) is 0 Å². The Kier molecular flexibility index (Phi) is 4.55. The predicted octanol–water partition coefficient (Wildman–Crippen LogP) is 3.06. The van der Waals surface area contributed by atoms with E-state index < -0.39 is 10.9 Å². The van der Waals surface area contributed by atoms with Crippen LogP contribution < -0.4 is 27.2 Å². The number of nitrogens with one attached hydrogen (secondary N) is 2. The first-order valence-corrected chi connectivity index (χ1v) is 9.76. The highest BCUT2D eigenvalue weighted by Crippen LogP contribution is 2.30. The van der Waals surface area contributed by atoms with Gasteiger partial charge in [0.2, 0.25) is 0 Å². The highest BCUT2D eigenvalue weighted by atomic mass is 16.2. The molecule has 5 aromatic rings. The number of rotatable bonds is 5. The first-order chi connectivity index (χ1) is 15.5. The van der Waals surface area contributed by atoms with Crippen LogP contribution in [0.4, 0.5) is 28.7 Å². The predicted molar refractivity (Wildman–Crippen MR) is 124 cm³/mol. The number of anilines is 5. The standard InChI is InChI=1S/C23H17N7O2/c1-12-4-6-26-10-15(12)17-7-13-8-18(27-11-16(13)23(24)29-17)30-20-19(21(31)22(20)32)28-14-3-2-5-25-9-14/h2-11,28H,1H3,(H2,24,29)(H,27,30). The van der Waals surface area contributed by atoms with E-state index in [4.69, 9.17) is 5.73 Å². The number of aromatic nitrogens is 4. The summed E-state index contributed by atoms with van der Waals surface area (Å²) >= 11 is 0. The van der Waals surface area contributed by atoms with Crippen molar-refractivity contribution in [1.29, 1.82) is 0 Å². The molecule has 1 aromatic carbocycles. The van der Waals surface area contributed by atoms with Crippen LogP contribution in [0.15, 0.2) is 70.9 Å². The molecule has 4 aromatic heterocycles. The van der Waals surface area contributed by atoms with Crippen LogP contribution in [0.1, 0.15) is 5.56 Å². The van der Waals surface area contributed by atoms with E-state index in [0.29, 0.717) is 28.4 Å². The van der Waals surface area contributed by atoms with Crippen LogP contribution in [0.25, 0.3) is 22.0 Å². The normalized spacial score (nSPS) is 11.0. The van der Waals surface area contributed by atoms with Crippen molar-refractivity contribution in [3.8, 4) is 11.3 Å². The quantitative estimate of drug-likeness (QED) is 0.364. The summed E-state index contributed by atoms with van der Waals surface area (Å²) in [5, 5.41) is 7.35. The van der Waals surface area contributed by atoms with Crippen molar-refractivity contribution in [3.63, 3.8) is 0 Å². The number of fused-ring (bicyclic) bond motifs is 1. The van der Waals surface area contributed by atoms with Gasteiger partial charge in [-0.25, -0.2) is 9.97 Å². The largest absolute Gasteiger partial charge is 0.383 e. The molecule has 4 heterocycles. The fourth-order valence-corrected chi connectivity index (χ4v) is 3.45. The lowest BCUT2D eigenvalue weighted by Gasteiger charge is -2.15. The minimum atomic E-state index is -0.612. The Labute approximate surface area is 181 Å². The molecule has 0 saturated carbocycles. The van der Waals surface area contributed by atoms with Crippen molar-refractivity contribution in [3.05, 3.63) is 87.3 Å². The molecule has 9 heteroatoms. The second-order valence-corrected chi connectivity index (χ2v) is 7.27. The SMILES string of the molecule is Cc1ccncc1-c1cc2cc(Nc3c(Nc4cccnc4)c(=O)c3=O)ncc2c(N)n1. The summed E-state index contributed by atoms with van der Waals surface area (Å²) in [6.07, 6.45) is 8.22. The summed E-state index contributed by atoms with van der Waals surface area (Å²) in [5.41, 5.74) is 8.46. The minimum absolute atomic E-state index is 0.149. The zero-order valence-corrected chi connectivity index (χ0v) is 17.0. The average molecular weight is 423 g/mol. The second-order valence-electron chi connectivity index (χ2n) is 7.27. The smallest absolute Gasteiger partial charge is 0.253 e. The van der Waals surface area contributed by atoms with E-state index in [1.165, 1.54) is 0 Å². The van der Waals surface area contributed by atoms with Crippen molar-refractivity contribution in [1.82, 2.24) is 19.9 Å². The summed E-state index contributed by atoms with van der Waals surface area (Å²) in [4.78, 5) is 41.2. The van der Waals surface area contributed by atoms with Crippen LogP contribution >= 0.6 is 0 Å². The fraction of sp³-hybridized carbons (Fsp3) is 0.0435. The van der Waals surface area contributed by atoms with Crippen molar-refractivity contribution < 1.29 is 0 Å². The average Bonchev–Trinajstić information content (AvgIpc) is 2.81. The highest BCUT2D eigenvalue weighted by molar-refractivity contribution is 5.95. The van der Waals surface area contributed by atoms with Gasteiger partial charge in [-0.2, -0.15) is 0 Å².